The zero-order chi connectivity index (χ0) is 17.1. The molecule has 0 spiro atoms. The van der Waals surface area contributed by atoms with Gasteiger partial charge in [0, 0.05) is 24.2 Å². The highest BCUT2D eigenvalue weighted by molar-refractivity contribution is 5.90. The third-order valence-corrected chi connectivity index (χ3v) is 4.88. The van der Waals surface area contributed by atoms with Gasteiger partial charge in [0.15, 0.2) is 0 Å². The molecule has 4 nitrogen and oxygen atoms in total. The maximum absolute atomic E-state index is 4.91. The van der Waals surface area contributed by atoms with E-state index < -0.39 is 0 Å². The van der Waals surface area contributed by atoms with Crippen LogP contribution in [0.2, 0.25) is 0 Å². The average molecular weight is 332 g/mol. The molecule has 4 rings (SSSR count). The Morgan fingerprint density at radius 3 is 2.36 bits per heavy atom. The molecule has 25 heavy (non-hydrogen) atoms. The summed E-state index contributed by atoms with van der Waals surface area (Å²) in [6, 6.07) is 16.6. The second kappa shape index (κ2) is 7.09. The molecule has 2 aromatic carbocycles. The van der Waals surface area contributed by atoms with Gasteiger partial charge in [-0.1, -0.05) is 43.2 Å². The van der Waals surface area contributed by atoms with Crippen LogP contribution in [0.25, 0.3) is 10.9 Å². The number of nitrogens with zero attached hydrogens (tertiary/aromatic N) is 3. The molecule has 0 saturated carbocycles. The van der Waals surface area contributed by atoms with Crippen LogP contribution in [0.4, 0.5) is 17.5 Å². The zero-order valence-electron chi connectivity index (χ0n) is 14.7. The van der Waals surface area contributed by atoms with Crippen molar-refractivity contribution in [3.63, 3.8) is 0 Å². The maximum Gasteiger partial charge on any atom is 0.229 e. The standard InChI is InChI=1S/C21H24N4/c1-16-10-4-6-12-18(16)22-21-23-19-13-7-5-11-17(19)20(24-21)25-14-8-2-3-9-15-25/h4-7,10-13H,2-3,8-9,14-15H2,1H3,(H,22,23,24). The van der Waals surface area contributed by atoms with Gasteiger partial charge in [0.25, 0.3) is 0 Å². The van der Waals surface area contributed by atoms with Crippen LogP contribution in [-0.2, 0) is 0 Å². The summed E-state index contributed by atoms with van der Waals surface area (Å²) in [5.74, 6) is 1.73. The molecule has 1 saturated heterocycles. The molecule has 0 radical (unpaired) electrons. The van der Waals surface area contributed by atoms with E-state index in [1.165, 1.54) is 31.2 Å². The summed E-state index contributed by atoms with van der Waals surface area (Å²) in [7, 11) is 0. The van der Waals surface area contributed by atoms with Gasteiger partial charge >= 0.3 is 0 Å². The van der Waals surface area contributed by atoms with Gasteiger partial charge < -0.3 is 10.2 Å². The van der Waals surface area contributed by atoms with Crippen molar-refractivity contribution in [2.75, 3.05) is 23.3 Å². The summed E-state index contributed by atoms with van der Waals surface area (Å²) in [6.07, 6.45) is 5.10. The number of rotatable bonds is 3. The van der Waals surface area contributed by atoms with Gasteiger partial charge in [-0.05, 0) is 43.5 Å². The monoisotopic (exact) mass is 332 g/mol. The van der Waals surface area contributed by atoms with Crippen molar-refractivity contribution < 1.29 is 0 Å². The summed E-state index contributed by atoms with van der Waals surface area (Å²) in [5, 5.41) is 4.55. The quantitative estimate of drug-likeness (QED) is 0.727. The van der Waals surface area contributed by atoms with E-state index in [1.54, 1.807) is 0 Å². The molecule has 0 atom stereocenters. The normalized spacial score (nSPS) is 15.2. The predicted octanol–water partition coefficient (Wildman–Crippen LogP) is 5.06. The number of benzene rings is 2. The van der Waals surface area contributed by atoms with Crippen LogP contribution in [-0.4, -0.2) is 23.1 Å². The molecule has 1 fully saturated rings. The lowest BCUT2D eigenvalue weighted by Crippen LogP contribution is -2.25. The fourth-order valence-electron chi connectivity index (χ4n) is 3.47. The van der Waals surface area contributed by atoms with Gasteiger partial charge in [0.2, 0.25) is 5.95 Å². The Morgan fingerprint density at radius 2 is 1.56 bits per heavy atom. The number of nitrogens with one attached hydrogen (secondary N) is 1. The Balaban J connectivity index is 1.76. The highest BCUT2D eigenvalue weighted by Crippen LogP contribution is 2.28. The number of anilines is 3. The summed E-state index contributed by atoms with van der Waals surface area (Å²) in [5.41, 5.74) is 3.24. The lowest BCUT2D eigenvalue weighted by molar-refractivity contribution is 0.726. The SMILES string of the molecule is Cc1ccccc1Nc1nc(N2CCCCCC2)c2ccccc2n1. The molecular weight excluding hydrogens is 308 g/mol. The maximum atomic E-state index is 4.91. The van der Waals surface area contributed by atoms with Crippen molar-refractivity contribution >= 4 is 28.4 Å². The number of fused-ring (bicyclic) bond motifs is 1. The first kappa shape index (κ1) is 15.9. The van der Waals surface area contributed by atoms with Crippen LogP contribution >= 0.6 is 0 Å². The van der Waals surface area contributed by atoms with Crippen molar-refractivity contribution in [2.45, 2.75) is 32.6 Å². The summed E-state index contributed by atoms with van der Waals surface area (Å²) < 4.78 is 0. The Hall–Kier alpha value is -2.62. The van der Waals surface area contributed by atoms with Crippen molar-refractivity contribution in [1.29, 1.82) is 0 Å². The van der Waals surface area contributed by atoms with Crippen molar-refractivity contribution in [2.24, 2.45) is 0 Å². The largest absolute Gasteiger partial charge is 0.356 e. The second-order valence-corrected chi connectivity index (χ2v) is 6.73. The number of aryl methyl sites for hydroxylation is 1. The van der Waals surface area contributed by atoms with Gasteiger partial charge in [0.05, 0.1) is 5.52 Å². The number of aromatic nitrogens is 2. The Morgan fingerprint density at radius 1 is 0.840 bits per heavy atom. The molecule has 3 aromatic rings. The first-order valence-corrected chi connectivity index (χ1v) is 9.16. The first-order chi connectivity index (χ1) is 12.3. The molecule has 128 valence electrons. The van der Waals surface area contributed by atoms with Gasteiger partial charge in [-0.15, -0.1) is 0 Å². The summed E-state index contributed by atoms with van der Waals surface area (Å²) in [6.45, 7) is 4.24. The third kappa shape index (κ3) is 3.43. The molecule has 0 aliphatic carbocycles. The predicted molar refractivity (Wildman–Crippen MR) is 105 cm³/mol. The van der Waals surface area contributed by atoms with Crippen molar-refractivity contribution in [1.82, 2.24) is 9.97 Å². The first-order valence-electron chi connectivity index (χ1n) is 9.16. The number of hydrogen-bond acceptors (Lipinski definition) is 4. The van der Waals surface area contributed by atoms with E-state index >= 15 is 0 Å². The van der Waals surface area contributed by atoms with Gasteiger partial charge in [-0.25, -0.2) is 4.98 Å². The van der Waals surface area contributed by atoms with E-state index in [9.17, 15) is 0 Å². The fraction of sp³-hybridized carbons (Fsp3) is 0.333. The fourth-order valence-corrected chi connectivity index (χ4v) is 3.47. The third-order valence-electron chi connectivity index (χ3n) is 4.88. The van der Waals surface area contributed by atoms with Crippen LogP contribution < -0.4 is 10.2 Å². The van der Waals surface area contributed by atoms with Crippen LogP contribution in [0.5, 0.6) is 0 Å². The number of para-hydroxylation sites is 2. The molecule has 1 N–H and O–H groups in total. The minimum Gasteiger partial charge on any atom is -0.356 e. The highest BCUT2D eigenvalue weighted by atomic mass is 15.2. The van der Waals surface area contributed by atoms with Crippen LogP contribution in [0.15, 0.2) is 48.5 Å². The molecule has 0 bridgehead atoms. The number of hydrogen-bond donors (Lipinski definition) is 1. The topological polar surface area (TPSA) is 41.1 Å². The van der Waals surface area contributed by atoms with E-state index in [2.05, 4.69) is 47.5 Å². The molecule has 2 heterocycles. The van der Waals surface area contributed by atoms with E-state index in [-0.39, 0.29) is 0 Å². The second-order valence-electron chi connectivity index (χ2n) is 6.73. The van der Waals surface area contributed by atoms with Gasteiger partial charge in [0.1, 0.15) is 5.82 Å². The van der Waals surface area contributed by atoms with E-state index in [4.69, 9.17) is 9.97 Å². The van der Waals surface area contributed by atoms with Crippen molar-refractivity contribution in [3.8, 4) is 0 Å². The van der Waals surface area contributed by atoms with Crippen LogP contribution in [0, 0.1) is 6.92 Å². The lowest BCUT2D eigenvalue weighted by atomic mass is 10.2. The Bertz CT molecular complexity index is 867. The molecular formula is C21H24N4. The van der Waals surface area contributed by atoms with Crippen LogP contribution in [0.1, 0.15) is 31.2 Å². The van der Waals surface area contributed by atoms with Crippen molar-refractivity contribution in [3.05, 3.63) is 54.1 Å². The van der Waals surface area contributed by atoms with Gasteiger partial charge in [-0.3, -0.25) is 0 Å². The molecule has 0 amide bonds. The summed E-state index contributed by atoms with van der Waals surface area (Å²) in [4.78, 5) is 12.1. The van der Waals surface area contributed by atoms with Gasteiger partial charge in [-0.2, -0.15) is 4.98 Å². The highest BCUT2D eigenvalue weighted by Gasteiger charge is 2.16. The molecule has 1 aliphatic heterocycles. The molecule has 4 heteroatoms. The van der Waals surface area contributed by atoms with E-state index in [0.29, 0.717) is 5.95 Å². The molecule has 1 aliphatic rings. The minimum atomic E-state index is 0.673. The smallest absolute Gasteiger partial charge is 0.229 e. The minimum absolute atomic E-state index is 0.673. The Kier molecular flexibility index (Phi) is 4.51. The Labute approximate surface area is 148 Å². The summed E-state index contributed by atoms with van der Waals surface area (Å²) >= 11 is 0. The molecule has 1 aromatic heterocycles. The molecule has 0 unspecified atom stereocenters. The van der Waals surface area contributed by atoms with E-state index in [0.717, 1.165) is 35.5 Å². The van der Waals surface area contributed by atoms with E-state index in [1.807, 2.05) is 18.2 Å². The lowest BCUT2D eigenvalue weighted by Gasteiger charge is -2.23. The van der Waals surface area contributed by atoms with Crippen LogP contribution in [0.3, 0.4) is 0 Å². The average Bonchev–Trinajstić information content (AvgIpc) is 2.92. The zero-order valence-corrected chi connectivity index (χ0v) is 14.7.